The molecule has 2 aliphatic heterocycles. The van der Waals surface area contributed by atoms with Crippen LogP contribution in [-0.4, -0.2) is 54.1 Å². The number of amides is 2. The smallest absolute Gasteiger partial charge is 0.261 e. The quantitative estimate of drug-likeness (QED) is 0.613. The molecule has 0 radical (unpaired) electrons. The van der Waals surface area contributed by atoms with Crippen LogP contribution in [0.5, 0.6) is 5.75 Å². The maximum atomic E-state index is 12.9. The Morgan fingerprint density at radius 3 is 2.63 bits per heavy atom. The van der Waals surface area contributed by atoms with Gasteiger partial charge < -0.3 is 14.8 Å². The second kappa shape index (κ2) is 7.37. The normalized spacial score (nSPS) is 17.1. The summed E-state index contributed by atoms with van der Waals surface area (Å²) in [6.07, 6.45) is 0.850. The Balaban J connectivity index is 1.43. The van der Waals surface area contributed by atoms with Crippen molar-refractivity contribution >= 4 is 38.5 Å². The lowest BCUT2D eigenvalue weighted by atomic mass is 10.1. The van der Waals surface area contributed by atoms with Crippen LogP contribution in [-0.2, 0) is 11.2 Å². The van der Waals surface area contributed by atoms with E-state index in [4.69, 9.17) is 14.5 Å². The number of carbonyl (C=O) groups excluding carboxylic acids is 2. The first kappa shape index (κ1) is 19.0. The Kier molecular flexibility index (Phi) is 4.67. The molecule has 0 fully saturated rings. The molecule has 7 nitrogen and oxygen atoms in total. The van der Waals surface area contributed by atoms with Gasteiger partial charge in [-0.05, 0) is 31.2 Å². The van der Waals surface area contributed by atoms with Crippen molar-refractivity contribution in [2.45, 2.75) is 25.4 Å². The van der Waals surface area contributed by atoms with Crippen LogP contribution in [0.3, 0.4) is 0 Å². The van der Waals surface area contributed by atoms with Crippen molar-refractivity contribution in [2.75, 3.05) is 25.6 Å². The number of methoxy groups -OCH3 is 1. The molecule has 2 atom stereocenters. The third kappa shape index (κ3) is 2.95. The minimum Gasteiger partial charge on any atom is -0.493 e. The number of fused-ring (bicyclic) bond motifs is 4. The number of imide groups is 1. The number of nitrogens with zero attached hydrogens (tertiary/aromatic N) is 2. The summed E-state index contributed by atoms with van der Waals surface area (Å²) in [6.45, 7) is 2.86. The molecule has 1 aromatic heterocycles. The average molecular weight is 423 g/mol. The molecule has 0 saturated heterocycles. The van der Waals surface area contributed by atoms with Crippen LogP contribution in [0.15, 0.2) is 36.4 Å². The topological polar surface area (TPSA) is 80.8 Å². The lowest BCUT2D eigenvalue weighted by Gasteiger charge is -2.30. The molecule has 3 heterocycles. The maximum Gasteiger partial charge on any atom is 0.261 e. The van der Waals surface area contributed by atoms with Gasteiger partial charge in [-0.2, -0.15) is 0 Å². The highest BCUT2D eigenvalue weighted by molar-refractivity contribution is 7.22. The van der Waals surface area contributed by atoms with Crippen LogP contribution in [0.25, 0.3) is 10.2 Å². The molecule has 1 N–H and O–H groups in total. The number of rotatable bonds is 6. The monoisotopic (exact) mass is 423 g/mol. The zero-order valence-corrected chi connectivity index (χ0v) is 17.5. The predicted octanol–water partition coefficient (Wildman–Crippen LogP) is 3.34. The van der Waals surface area contributed by atoms with Gasteiger partial charge in [-0.3, -0.25) is 14.5 Å². The van der Waals surface area contributed by atoms with E-state index in [9.17, 15) is 9.59 Å². The zero-order chi connectivity index (χ0) is 20.8. The van der Waals surface area contributed by atoms with Crippen molar-refractivity contribution < 1.29 is 19.1 Å². The van der Waals surface area contributed by atoms with Crippen LogP contribution in [0, 0.1) is 0 Å². The van der Waals surface area contributed by atoms with Crippen molar-refractivity contribution in [3.63, 3.8) is 0 Å². The number of aromatic nitrogens is 1. The molecule has 0 spiro atoms. The first-order chi connectivity index (χ1) is 14.6. The number of hydrogen-bond donors (Lipinski definition) is 1. The van der Waals surface area contributed by atoms with Crippen LogP contribution in [0.1, 0.15) is 33.2 Å². The van der Waals surface area contributed by atoms with Gasteiger partial charge in [-0.1, -0.05) is 23.5 Å². The Morgan fingerprint density at radius 1 is 1.20 bits per heavy atom. The van der Waals surface area contributed by atoms with Crippen LogP contribution in [0.4, 0.5) is 5.13 Å². The summed E-state index contributed by atoms with van der Waals surface area (Å²) in [5.41, 5.74) is 2.97. The lowest BCUT2D eigenvalue weighted by molar-refractivity contribution is 0.0548. The van der Waals surface area contributed by atoms with E-state index < -0.39 is 6.04 Å². The minimum absolute atomic E-state index is 0.273. The van der Waals surface area contributed by atoms with Crippen molar-refractivity contribution in [3.8, 4) is 5.75 Å². The fourth-order valence-electron chi connectivity index (χ4n) is 4.13. The van der Waals surface area contributed by atoms with Gasteiger partial charge in [0.05, 0.1) is 46.6 Å². The summed E-state index contributed by atoms with van der Waals surface area (Å²) in [4.78, 5) is 31.9. The fraction of sp³-hybridized carbons (Fsp3) is 0.318. The second-order valence-corrected chi connectivity index (χ2v) is 8.51. The van der Waals surface area contributed by atoms with E-state index in [1.54, 1.807) is 42.7 Å². The first-order valence-corrected chi connectivity index (χ1v) is 10.7. The SMILES string of the molecule is COC[C@@H](Nc1nc2c3c(ccc2s1)OCC3)[C@H](C)N1C(=O)c2ccccc2C1=O. The molecule has 2 aromatic carbocycles. The summed E-state index contributed by atoms with van der Waals surface area (Å²) in [5.74, 6) is 0.350. The summed E-state index contributed by atoms with van der Waals surface area (Å²) in [7, 11) is 1.60. The van der Waals surface area contributed by atoms with Crippen LogP contribution < -0.4 is 10.1 Å². The largest absolute Gasteiger partial charge is 0.493 e. The number of anilines is 1. The summed E-state index contributed by atoms with van der Waals surface area (Å²) < 4.78 is 12.1. The van der Waals surface area contributed by atoms with Gasteiger partial charge in [0.25, 0.3) is 11.8 Å². The Labute approximate surface area is 177 Å². The number of carbonyl (C=O) groups is 2. The Bertz CT molecular complexity index is 1120. The fourth-order valence-corrected chi connectivity index (χ4v) is 5.09. The average Bonchev–Trinajstić information content (AvgIpc) is 3.44. The maximum absolute atomic E-state index is 12.9. The van der Waals surface area contributed by atoms with E-state index in [0.717, 1.165) is 33.1 Å². The van der Waals surface area contributed by atoms with E-state index in [-0.39, 0.29) is 17.9 Å². The summed E-state index contributed by atoms with van der Waals surface area (Å²) >= 11 is 1.54. The molecule has 2 amide bonds. The van der Waals surface area contributed by atoms with E-state index >= 15 is 0 Å². The van der Waals surface area contributed by atoms with Gasteiger partial charge >= 0.3 is 0 Å². The summed E-state index contributed by atoms with van der Waals surface area (Å²) in [6, 6.07) is 10.2. The van der Waals surface area contributed by atoms with E-state index in [2.05, 4.69) is 5.32 Å². The number of ether oxygens (including phenoxy) is 2. The van der Waals surface area contributed by atoms with Gasteiger partial charge in [0.15, 0.2) is 5.13 Å². The Hall–Kier alpha value is -2.97. The van der Waals surface area contributed by atoms with Crippen LogP contribution >= 0.6 is 11.3 Å². The van der Waals surface area contributed by atoms with Crippen LogP contribution in [0.2, 0.25) is 0 Å². The van der Waals surface area contributed by atoms with Gasteiger partial charge in [0, 0.05) is 19.1 Å². The highest BCUT2D eigenvalue weighted by atomic mass is 32.1. The zero-order valence-electron chi connectivity index (χ0n) is 16.7. The highest BCUT2D eigenvalue weighted by Crippen LogP contribution is 2.37. The molecular formula is C22H21N3O4S. The molecule has 30 heavy (non-hydrogen) atoms. The molecule has 2 aliphatic rings. The van der Waals surface area contributed by atoms with Crippen molar-refractivity contribution in [2.24, 2.45) is 0 Å². The van der Waals surface area contributed by atoms with E-state index in [1.165, 1.54) is 4.90 Å². The standard InChI is InChI=1S/C22H21N3O4S/c1-12(25-20(26)13-5-3-4-6-14(13)21(25)27)16(11-28-2)23-22-24-19-15-9-10-29-17(15)7-8-18(19)30-22/h3-8,12,16H,9-11H2,1-2H3,(H,23,24)/t12-,16+/m0/s1. The third-order valence-electron chi connectivity index (χ3n) is 5.70. The molecule has 8 heteroatoms. The van der Waals surface area contributed by atoms with Crippen molar-refractivity contribution in [3.05, 3.63) is 53.1 Å². The first-order valence-electron chi connectivity index (χ1n) is 9.86. The highest BCUT2D eigenvalue weighted by Gasteiger charge is 2.41. The molecular weight excluding hydrogens is 402 g/mol. The van der Waals surface area contributed by atoms with Gasteiger partial charge in [0.1, 0.15) is 5.75 Å². The van der Waals surface area contributed by atoms with Gasteiger partial charge in [0.2, 0.25) is 0 Å². The number of benzene rings is 2. The molecule has 0 unspecified atom stereocenters. The molecule has 5 rings (SSSR count). The molecule has 0 saturated carbocycles. The molecule has 154 valence electrons. The number of thiazole rings is 1. The third-order valence-corrected chi connectivity index (χ3v) is 6.65. The van der Waals surface area contributed by atoms with E-state index in [1.807, 2.05) is 19.1 Å². The molecule has 0 bridgehead atoms. The minimum atomic E-state index is -0.418. The van der Waals surface area contributed by atoms with Crippen molar-refractivity contribution in [1.82, 2.24) is 9.88 Å². The number of hydrogen-bond acceptors (Lipinski definition) is 7. The van der Waals surface area contributed by atoms with E-state index in [0.29, 0.717) is 24.3 Å². The second-order valence-electron chi connectivity index (χ2n) is 7.48. The predicted molar refractivity (Wildman–Crippen MR) is 115 cm³/mol. The number of nitrogens with one attached hydrogen (secondary N) is 1. The molecule has 3 aromatic rings. The van der Waals surface area contributed by atoms with Crippen molar-refractivity contribution in [1.29, 1.82) is 0 Å². The van der Waals surface area contributed by atoms with Gasteiger partial charge in [-0.15, -0.1) is 0 Å². The lowest BCUT2D eigenvalue weighted by Crippen LogP contribution is -2.49. The van der Waals surface area contributed by atoms with Gasteiger partial charge in [-0.25, -0.2) is 4.98 Å². The summed E-state index contributed by atoms with van der Waals surface area (Å²) in [5, 5.41) is 4.13. The Morgan fingerprint density at radius 2 is 1.93 bits per heavy atom. The molecule has 0 aliphatic carbocycles.